The number of fused-ring (bicyclic) bond motifs is 1. The number of esters is 1. The molecule has 0 saturated carbocycles. The van der Waals surface area contributed by atoms with E-state index in [1.54, 1.807) is 42.5 Å². The molecular weight excluding hydrogens is 470 g/mol. The van der Waals surface area contributed by atoms with E-state index in [0.29, 0.717) is 0 Å². The molecule has 2 amide bonds. The van der Waals surface area contributed by atoms with Crippen LogP contribution in [0.5, 0.6) is 5.75 Å². The molecule has 0 aliphatic carbocycles. The number of rotatable bonds is 5. The summed E-state index contributed by atoms with van der Waals surface area (Å²) >= 11 is 9.47. The van der Waals surface area contributed by atoms with Crippen molar-refractivity contribution in [3.63, 3.8) is 0 Å². The summed E-state index contributed by atoms with van der Waals surface area (Å²) in [6.45, 7) is 0. The van der Waals surface area contributed by atoms with Crippen molar-refractivity contribution in [3.05, 3.63) is 99.0 Å². The molecule has 5 nitrogen and oxygen atoms in total. The lowest BCUT2D eigenvalue weighted by Gasteiger charge is -2.25. The first-order valence-electron chi connectivity index (χ1n) is 9.13. The van der Waals surface area contributed by atoms with E-state index in [4.69, 9.17) is 16.3 Å². The Hall–Kier alpha value is -2.96. The van der Waals surface area contributed by atoms with Gasteiger partial charge in [0.25, 0.3) is 11.8 Å². The molecule has 0 radical (unpaired) electrons. The Kier molecular flexibility index (Phi) is 5.70. The maximum Gasteiger partial charge on any atom is 0.335 e. The topological polar surface area (TPSA) is 63.7 Å². The molecule has 150 valence electrons. The van der Waals surface area contributed by atoms with Gasteiger partial charge in [-0.1, -0.05) is 70.0 Å². The largest absolute Gasteiger partial charge is 0.423 e. The number of hydrogen-bond donors (Lipinski definition) is 0. The van der Waals surface area contributed by atoms with E-state index in [-0.39, 0.29) is 28.3 Å². The minimum atomic E-state index is -1.14. The van der Waals surface area contributed by atoms with Gasteiger partial charge in [0.05, 0.1) is 16.1 Å². The van der Waals surface area contributed by atoms with Gasteiger partial charge in [0.1, 0.15) is 11.8 Å². The number of benzene rings is 3. The van der Waals surface area contributed by atoms with Crippen LogP contribution in [0.3, 0.4) is 0 Å². The van der Waals surface area contributed by atoms with Gasteiger partial charge in [-0.2, -0.15) is 0 Å². The third-order valence-electron chi connectivity index (χ3n) is 4.79. The van der Waals surface area contributed by atoms with Gasteiger partial charge >= 0.3 is 5.97 Å². The molecule has 3 aromatic rings. The Morgan fingerprint density at radius 2 is 1.53 bits per heavy atom. The number of nitrogens with zero attached hydrogens (tertiary/aromatic N) is 1. The van der Waals surface area contributed by atoms with Gasteiger partial charge < -0.3 is 4.74 Å². The third-order valence-corrected chi connectivity index (χ3v) is 5.57. The number of amides is 2. The van der Waals surface area contributed by atoms with Crippen LogP contribution in [-0.4, -0.2) is 28.7 Å². The van der Waals surface area contributed by atoms with Gasteiger partial charge in [0.15, 0.2) is 0 Å². The molecule has 30 heavy (non-hydrogen) atoms. The molecule has 1 heterocycles. The number of halogens is 2. The lowest BCUT2D eigenvalue weighted by Crippen LogP contribution is -2.48. The fourth-order valence-electron chi connectivity index (χ4n) is 3.34. The third kappa shape index (κ3) is 3.88. The Balaban J connectivity index is 1.69. The van der Waals surface area contributed by atoms with Crippen molar-refractivity contribution in [3.8, 4) is 5.75 Å². The molecule has 1 aliphatic rings. The molecule has 0 spiro atoms. The second kappa shape index (κ2) is 8.42. The molecule has 0 saturated heterocycles. The van der Waals surface area contributed by atoms with Crippen LogP contribution in [0.4, 0.5) is 0 Å². The van der Waals surface area contributed by atoms with Crippen molar-refractivity contribution in [1.82, 2.24) is 4.90 Å². The average Bonchev–Trinajstić information content (AvgIpc) is 3.00. The first kappa shape index (κ1) is 20.3. The molecule has 1 aliphatic heterocycles. The van der Waals surface area contributed by atoms with E-state index in [1.807, 2.05) is 30.3 Å². The molecule has 7 heteroatoms. The average molecular weight is 485 g/mol. The van der Waals surface area contributed by atoms with Crippen molar-refractivity contribution >= 4 is 45.3 Å². The molecule has 0 N–H and O–H groups in total. The van der Waals surface area contributed by atoms with Crippen molar-refractivity contribution in [2.45, 2.75) is 12.5 Å². The van der Waals surface area contributed by atoms with Crippen LogP contribution >= 0.6 is 27.5 Å². The van der Waals surface area contributed by atoms with Gasteiger partial charge in [0, 0.05) is 10.9 Å². The maximum atomic E-state index is 13.1. The van der Waals surface area contributed by atoms with Crippen LogP contribution < -0.4 is 4.74 Å². The molecule has 0 bridgehead atoms. The summed E-state index contributed by atoms with van der Waals surface area (Å²) in [5.74, 6) is -1.62. The van der Waals surface area contributed by atoms with Gasteiger partial charge in [-0.3, -0.25) is 14.5 Å². The Morgan fingerprint density at radius 1 is 0.933 bits per heavy atom. The number of imide groups is 1. The van der Waals surface area contributed by atoms with Crippen molar-refractivity contribution in [2.24, 2.45) is 0 Å². The first-order chi connectivity index (χ1) is 14.5. The highest BCUT2D eigenvalue weighted by molar-refractivity contribution is 9.10. The minimum Gasteiger partial charge on any atom is -0.423 e. The lowest BCUT2D eigenvalue weighted by atomic mass is 10.0. The summed E-state index contributed by atoms with van der Waals surface area (Å²) in [6.07, 6.45) is 0.124. The van der Waals surface area contributed by atoms with Crippen LogP contribution in [0.15, 0.2) is 77.3 Å². The fraction of sp³-hybridized carbons (Fsp3) is 0.0870. The maximum absolute atomic E-state index is 13.1. The smallest absolute Gasteiger partial charge is 0.335 e. The summed E-state index contributed by atoms with van der Waals surface area (Å²) in [5.41, 5.74) is 1.34. The SMILES string of the molecule is O=C(Oc1ccc(Br)cc1Cl)C(Cc1ccccc1)N1C(=O)c2ccccc2C1=O. The van der Waals surface area contributed by atoms with Gasteiger partial charge in [-0.25, -0.2) is 4.79 Å². The highest BCUT2D eigenvalue weighted by Gasteiger charge is 2.43. The normalized spacial score (nSPS) is 13.9. The summed E-state index contributed by atoms with van der Waals surface area (Å²) in [4.78, 5) is 40.1. The van der Waals surface area contributed by atoms with Crippen molar-refractivity contribution in [1.29, 1.82) is 0 Å². The van der Waals surface area contributed by atoms with Crippen molar-refractivity contribution in [2.75, 3.05) is 0 Å². The van der Waals surface area contributed by atoms with E-state index in [9.17, 15) is 14.4 Å². The highest BCUT2D eigenvalue weighted by Crippen LogP contribution is 2.30. The predicted molar refractivity (Wildman–Crippen MR) is 116 cm³/mol. The quantitative estimate of drug-likeness (QED) is 0.293. The van der Waals surface area contributed by atoms with Crippen molar-refractivity contribution < 1.29 is 19.1 Å². The molecule has 3 aromatic carbocycles. The molecule has 0 fully saturated rings. The number of ether oxygens (including phenoxy) is 1. The van der Waals surface area contributed by atoms with Crippen LogP contribution in [0.2, 0.25) is 5.02 Å². The van der Waals surface area contributed by atoms with E-state index >= 15 is 0 Å². The fourth-order valence-corrected chi connectivity index (χ4v) is 4.05. The summed E-state index contributed by atoms with van der Waals surface area (Å²) in [7, 11) is 0. The first-order valence-corrected chi connectivity index (χ1v) is 10.3. The van der Waals surface area contributed by atoms with Crippen LogP contribution in [0, 0.1) is 0 Å². The zero-order chi connectivity index (χ0) is 21.3. The van der Waals surface area contributed by atoms with Crippen LogP contribution in [-0.2, 0) is 11.2 Å². The molecule has 4 rings (SSSR count). The van der Waals surface area contributed by atoms with E-state index in [1.165, 1.54) is 0 Å². The summed E-state index contributed by atoms with van der Waals surface area (Å²) in [6, 6.07) is 19.3. The number of hydrogen-bond acceptors (Lipinski definition) is 4. The standard InChI is InChI=1S/C23H15BrClNO4/c24-15-10-11-20(18(25)13-15)30-23(29)19(12-14-6-2-1-3-7-14)26-21(27)16-8-4-5-9-17(16)22(26)28/h1-11,13,19H,12H2. The molecular formula is C23H15BrClNO4. The highest BCUT2D eigenvalue weighted by atomic mass is 79.9. The van der Waals surface area contributed by atoms with E-state index in [0.717, 1.165) is 14.9 Å². The van der Waals surface area contributed by atoms with Crippen LogP contribution in [0.25, 0.3) is 0 Å². The van der Waals surface area contributed by atoms with E-state index in [2.05, 4.69) is 15.9 Å². The Morgan fingerprint density at radius 3 is 2.13 bits per heavy atom. The second-order valence-corrected chi connectivity index (χ2v) is 8.05. The minimum absolute atomic E-state index is 0.124. The number of carbonyl (C=O) groups excluding carboxylic acids is 3. The zero-order valence-electron chi connectivity index (χ0n) is 15.5. The predicted octanol–water partition coefficient (Wildman–Crippen LogP) is 4.92. The molecule has 0 aromatic heterocycles. The van der Waals surface area contributed by atoms with Gasteiger partial charge in [0.2, 0.25) is 0 Å². The Labute approximate surface area is 186 Å². The summed E-state index contributed by atoms with van der Waals surface area (Å²) < 4.78 is 6.23. The zero-order valence-corrected chi connectivity index (χ0v) is 17.9. The van der Waals surface area contributed by atoms with Crippen LogP contribution in [0.1, 0.15) is 26.3 Å². The monoisotopic (exact) mass is 483 g/mol. The number of carbonyl (C=O) groups is 3. The van der Waals surface area contributed by atoms with Gasteiger partial charge in [-0.15, -0.1) is 0 Å². The Bertz CT molecular complexity index is 1110. The lowest BCUT2D eigenvalue weighted by molar-refractivity contribution is -0.138. The van der Waals surface area contributed by atoms with Gasteiger partial charge in [-0.05, 0) is 35.9 Å². The summed E-state index contributed by atoms with van der Waals surface area (Å²) in [5, 5.41) is 0.235. The molecule has 1 unspecified atom stereocenters. The van der Waals surface area contributed by atoms with E-state index < -0.39 is 23.8 Å². The molecule has 1 atom stereocenters. The second-order valence-electron chi connectivity index (χ2n) is 6.73.